The van der Waals surface area contributed by atoms with E-state index in [1.807, 2.05) is 67.6 Å². The van der Waals surface area contributed by atoms with Gasteiger partial charge in [0, 0.05) is 10.4 Å². The molecule has 0 aliphatic heterocycles. The van der Waals surface area contributed by atoms with Crippen molar-refractivity contribution < 1.29 is 18.7 Å². The SMILES string of the molecule is COC(=O)c1c(NC(=O)C(c2ccccc2)c2ccccc2)sc(C)c1-c1ccc(F)cc1. The maximum absolute atomic E-state index is 13.6. The highest BCUT2D eigenvalue weighted by Crippen LogP contribution is 2.41. The number of benzene rings is 3. The largest absolute Gasteiger partial charge is 0.465 e. The van der Waals surface area contributed by atoms with Gasteiger partial charge in [0.1, 0.15) is 16.4 Å². The van der Waals surface area contributed by atoms with Gasteiger partial charge in [-0.05, 0) is 35.7 Å². The lowest BCUT2D eigenvalue weighted by molar-refractivity contribution is -0.116. The molecule has 1 N–H and O–H groups in total. The van der Waals surface area contributed by atoms with Gasteiger partial charge in [-0.1, -0.05) is 72.8 Å². The van der Waals surface area contributed by atoms with Crippen molar-refractivity contribution in [2.24, 2.45) is 0 Å². The molecule has 0 aliphatic carbocycles. The van der Waals surface area contributed by atoms with E-state index in [2.05, 4.69) is 5.32 Å². The van der Waals surface area contributed by atoms with Crippen molar-refractivity contribution in [2.45, 2.75) is 12.8 Å². The first-order valence-electron chi connectivity index (χ1n) is 10.4. The lowest BCUT2D eigenvalue weighted by atomic mass is 9.90. The van der Waals surface area contributed by atoms with Crippen LogP contribution in [-0.2, 0) is 9.53 Å². The Labute approximate surface area is 195 Å². The quantitative estimate of drug-likeness (QED) is 0.339. The number of esters is 1. The van der Waals surface area contributed by atoms with Crippen LogP contribution >= 0.6 is 11.3 Å². The van der Waals surface area contributed by atoms with Crippen LogP contribution in [0.4, 0.5) is 9.39 Å². The van der Waals surface area contributed by atoms with E-state index >= 15 is 0 Å². The molecule has 0 atom stereocenters. The number of methoxy groups -OCH3 is 1. The Morgan fingerprint density at radius 2 is 1.42 bits per heavy atom. The summed E-state index contributed by atoms with van der Waals surface area (Å²) in [7, 11) is 1.30. The van der Waals surface area contributed by atoms with Crippen LogP contribution in [0.3, 0.4) is 0 Å². The van der Waals surface area contributed by atoms with Crippen LogP contribution in [0.1, 0.15) is 32.3 Å². The zero-order valence-electron chi connectivity index (χ0n) is 18.2. The number of thiophene rings is 1. The highest BCUT2D eigenvalue weighted by molar-refractivity contribution is 7.17. The van der Waals surface area contributed by atoms with Crippen LogP contribution in [-0.4, -0.2) is 19.0 Å². The molecule has 1 aromatic heterocycles. The van der Waals surface area contributed by atoms with E-state index in [-0.39, 0.29) is 17.3 Å². The predicted molar refractivity (Wildman–Crippen MR) is 129 cm³/mol. The molecule has 4 nitrogen and oxygen atoms in total. The van der Waals surface area contributed by atoms with E-state index in [0.29, 0.717) is 16.1 Å². The molecule has 0 radical (unpaired) electrons. The summed E-state index contributed by atoms with van der Waals surface area (Å²) < 4.78 is 18.5. The first-order chi connectivity index (χ1) is 16.0. The van der Waals surface area contributed by atoms with Gasteiger partial charge >= 0.3 is 5.97 Å². The minimum Gasteiger partial charge on any atom is -0.465 e. The number of nitrogens with one attached hydrogen (secondary N) is 1. The van der Waals surface area contributed by atoms with Crippen molar-refractivity contribution in [3.63, 3.8) is 0 Å². The fourth-order valence-electron chi connectivity index (χ4n) is 3.86. The van der Waals surface area contributed by atoms with Gasteiger partial charge in [-0.2, -0.15) is 0 Å². The van der Waals surface area contributed by atoms with Gasteiger partial charge in [0.15, 0.2) is 0 Å². The summed E-state index contributed by atoms with van der Waals surface area (Å²) in [6, 6.07) is 24.9. The zero-order chi connectivity index (χ0) is 23.4. The Balaban J connectivity index is 1.77. The number of hydrogen-bond donors (Lipinski definition) is 1. The van der Waals surface area contributed by atoms with Crippen molar-refractivity contribution in [3.05, 3.63) is 112 Å². The average Bonchev–Trinajstić information content (AvgIpc) is 3.16. The number of carbonyl (C=O) groups is 2. The van der Waals surface area contributed by atoms with E-state index in [9.17, 15) is 14.0 Å². The van der Waals surface area contributed by atoms with E-state index < -0.39 is 11.9 Å². The van der Waals surface area contributed by atoms with E-state index in [4.69, 9.17) is 4.74 Å². The number of rotatable bonds is 6. The maximum atomic E-state index is 13.6. The topological polar surface area (TPSA) is 55.4 Å². The van der Waals surface area contributed by atoms with Gasteiger partial charge in [0.05, 0.1) is 13.0 Å². The second-order valence-corrected chi connectivity index (χ2v) is 8.70. The molecule has 1 heterocycles. The molecule has 0 aliphatic rings. The normalized spacial score (nSPS) is 10.8. The summed E-state index contributed by atoms with van der Waals surface area (Å²) in [6.45, 7) is 1.86. The number of amides is 1. The summed E-state index contributed by atoms with van der Waals surface area (Å²) >= 11 is 1.29. The monoisotopic (exact) mass is 459 g/mol. The summed E-state index contributed by atoms with van der Waals surface area (Å²) in [5.41, 5.74) is 3.24. The molecule has 4 aromatic rings. The van der Waals surface area contributed by atoms with E-state index in [0.717, 1.165) is 16.0 Å². The first kappa shape index (κ1) is 22.4. The predicted octanol–water partition coefficient (Wildman–Crippen LogP) is 6.42. The molecule has 4 rings (SSSR count). The second-order valence-electron chi connectivity index (χ2n) is 7.48. The van der Waals surface area contributed by atoms with Gasteiger partial charge < -0.3 is 10.1 Å². The minimum absolute atomic E-state index is 0.260. The van der Waals surface area contributed by atoms with E-state index in [1.54, 1.807) is 12.1 Å². The fraction of sp³-hybridized carbons (Fsp3) is 0.111. The summed E-state index contributed by atoms with van der Waals surface area (Å²) in [5, 5.41) is 3.37. The molecular weight excluding hydrogens is 437 g/mol. The number of halogens is 1. The van der Waals surface area contributed by atoms with Crippen molar-refractivity contribution in [3.8, 4) is 11.1 Å². The number of anilines is 1. The number of carbonyl (C=O) groups excluding carboxylic acids is 2. The number of hydrogen-bond acceptors (Lipinski definition) is 4. The van der Waals surface area contributed by atoms with Crippen molar-refractivity contribution in [1.82, 2.24) is 0 Å². The van der Waals surface area contributed by atoms with Crippen molar-refractivity contribution in [2.75, 3.05) is 12.4 Å². The third-order valence-electron chi connectivity index (χ3n) is 5.37. The molecule has 0 saturated carbocycles. The maximum Gasteiger partial charge on any atom is 0.341 e. The molecule has 0 spiro atoms. The Bertz CT molecular complexity index is 1230. The second kappa shape index (κ2) is 9.79. The van der Waals surface area contributed by atoms with Crippen LogP contribution in [0.2, 0.25) is 0 Å². The van der Waals surface area contributed by atoms with Crippen LogP contribution in [0, 0.1) is 12.7 Å². The van der Waals surface area contributed by atoms with Gasteiger partial charge in [-0.15, -0.1) is 11.3 Å². The van der Waals surface area contributed by atoms with Gasteiger partial charge in [0.2, 0.25) is 5.91 Å². The van der Waals surface area contributed by atoms with Crippen molar-refractivity contribution in [1.29, 1.82) is 0 Å². The molecular formula is C27H22FNO3S. The Morgan fingerprint density at radius 1 is 0.879 bits per heavy atom. The van der Waals surface area contributed by atoms with Gasteiger partial charge in [-0.3, -0.25) is 4.79 Å². The van der Waals surface area contributed by atoms with Gasteiger partial charge in [0.25, 0.3) is 0 Å². The average molecular weight is 460 g/mol. The lowest BCUT2D eigenvalue weighted by Crippen LogP contribution is -2.23. The number of ether oxygens (including phenoxy) is 1. The van der Waals surface area contributed by atoms with Crippen molar-refractivity contribution >= 4 is 28.2 Å². The minimum atomic E-state index is -0.565. The van der Waals surface area contributed by atoms with Crippen LogP contribution in [0.25, 0.3) is 11.1 Å². The molecule has 1 amide bonds. The highest BCUT2D eigenvalue weighted by Gasteiger charge is 2.28. The van der Waals surface area contributed by atoms with Crippen LogP contribution in [0.5, 0.6) is 0 Å². The molecule has 0 unspecified atom stereocenters. The third-order valence-corrected chi connectivity index (χ3v) is 6.39. The lowest BCUT2D eigenvalue weighted by Gasteiger charge is -2.18. The summed E-state index contributed by atoms with van der Waals surface area (Å²) in [4.78, 5) is 27.1. The fourth-order valence-corrected chi connectivity index (χ4v) is 4.93. The Morgan fingerprint density at radius 3 is 1.94 bits per heavy atom. The standard InChI is InChI=1S/C27H22FNO3S/c1-17-22(20-13-15-21(28)16-14-20)24(27(31)32-2)26(33-17)29-25(30)23(18-9-5-3-6-10-18)19-11-7-4-8-12-19/h3-16,23H,1-2H3,(H,29,30). The summed E-state index contributed by atoms with van der Waals surface area (Å²) in [5.74, 6) is -1.75. The molecule has 3 aromatic carbocycles. The first-order valence-corrected chi connectivity index (χ1v) is 11.2. The third kappa shape index (κ3) is 4.71. The molecule has 166 valence electrons. The molecule has 0 saturated heterocycles. The molecule has 0 fully saturated rings. The Hall–Kier alpha value is -3.77. The molecule has 6 heteroatoms. The van der Waals surface area contributed by atoms with Crippen LogP contribution < -0.4 is 5.32 Å². The zero-order valence-corrected chi connectivity index (χ0v) is 19.0. The molecule has 33 heavy (non-hydrogen) atoms. The van der Waals surface area contributed by atoms with E-state index in [1.165, 1.54) is 30.6 Å². The number of aryl methyl sites for hydroxylation is 1. The smallest absolute Gasteiger partial charge is 0.341 e. The van der Waals surface area contributed by atoms with Gasteiger partial charge in [-0.25, -0.2) is 9.18 Å². The summed E-state index contributed by atoms with van der Waals surface area (Å²) in [6.07, 6.45) is 0. The Kier molecular flexibility index (Phi) is 6.66. The van der Waals surface area contributed by atoms with Crippen LogP contribution in [0.15, 0.2) is 84.9 Å². The highest BCUT2D eigenvalue weighted by atomic mass is 32.1. The molecule has 0 bridgehead atoms.